The molecule has 4 atom stereocenters. The summed E-state index contributed by atoms with van der Waals surface area (Å²) >= 11 is 0. The van der Waals surface area contributed by atoms with Crippen LogP contribution in [0.15, 0.2) is 12.7 Å². The number of rotatable bonds is 13. The molecule has 6 amide bonds. The molecule has 12 nitrogen and oxygen atoms in total. The molecule has 12 heteroatoms. The Bertz CT molecular complexity index is 986. The molecule has 1 heterocycles. The molecule has 224 valence electrons. The predicted octanol–water partition coefficient (Wildman–Crippen LogP) is 0.748. The van der Waals surface area contributed by atoms with E-state index in [-0.39, 0.29) is 37.3 Å². The van der Waals surface area contributed by atoms with Crippen LogP contribution in [0.4, 0.5) is 4.79 Å². The van der Waals surface area contributed by atoms with E-state index in [1.54, 1.807) is 20.8 Å². The van der Waals surface area contributed by atoms with E-state index in [0.29, 0.717) is 12.8 Å². The molecule has 2 rings (SSSR count). The van der Waals surface area contributed by atoms with Gasteiger partial charge in [0.2, 0.25) is 23.5 Å². The molecule has 2 unspecified atom stereocenters. The molecule has 0 bridgehead atoms. The quantitative estimate of drug-likeness (QED) is 0.163. The molecule has 6 N–H and O–H groups in total. The van der Waals surface area contributed by atoms with Gasteiger partial charge >= 0.3 is 6.03 Å². The van der Waals surface area contributed by atoms with Crippen LogP contribution in [-0.4, -0.2) is 77.1 Å². The second-order valence-electron chi connectivity index (χ2n) is 12.2. The van der Waals surface area contributed by atoms with Crippen molar-refractivity contribution in [2.24, 2.45) is 23.5 Å². The Morgan fingerprint density at radius 3 is 2.17 bits per heavy atom. The molecule has 0 aromatic rings. The van der Waals surface area contributed by atoms with Crippen LogP contribution in [-0.2, 0) is 24.0 Å². The van der Waals surface area contributed by atoms with Crippen LogP contribution in [0.25, 0.3) is 0 Å². The minimum Gasteiger partial charge on any atom is -0.363 e. The third kappa shape index (κ3) is 9.34. The highest BCUT2D eigenvalue weighted by atomic mass is 16.2. The van der Waals surface area contributed by atoms with Crippen molar-refractivity contribution in [3.8, 4) is 0 Å². The van der Waals surface area contributed by atoms with Crippen LogP contribution >= 0.6 is 0 Å². The molecule has 1 aliphatic carbocycles. The summed E-state index contributed by atoms with van der Waals surface area (Å²) in [5, 5.41) is 10.8. The Balaban J connectivity index is 2.29. The zero-order valence-electron chi connectivity index (χ0n) is 24.4. The summed E-state index contributed by atoms with van der Waals surface area (Å²) in [4.78, 5) is 77.6. The van der Waals surface area contributed by atoms with Crippen LogP contribution in [0.2, 0.25) is 0 Å². The summed E-state index contributed by atoms with van der Waals surface area (Å²) < 4.78 is 0. The number of nitrogens with one attached hydrogen (secondary N) is 4. The lowest BCUT2D eigenvalue weighted by Crippen LogP contribution is -2.59. The van der Waals surface area contributed by atoms with Crippen molar-refractivity contribution in [1.82, 2.24) is 26.2 Å². The Morgan fingerprint density at radius 2 is 1.68 bits per heavy atom. The fraction of sp³-hybridized carbons (Fsp3) is 0.714. The fourth-order valence-electron chi connectivity index (χ4n) is 5.22. The molecule has 2 aliphatic rings. The maximum Gasteiger partial charge on any atom is 0.315 e. The van der Waals surface area contributed by atoms with Crippen LogP contribution in [0, 0.1) is 17.8 Å². The van der Waals surface area contributed by atoms with Crippen molar-refractivity contribution < 1.29 is 28.8 Å². The number of hydrogen-bond acceptors (Lipinski definition) is 6. The summed E-state index contributed by atoms with van der Waals surface area (Å²) in [6, 6.07) is -3.56. The van der Waals surface area contributed by atoms with Crippen LogP contribution in [0.5, 0.6) is 0 Å². The first kappa shape index (κ1) is 32.8. The van der Waals surface area contributed by atoms with Gasteiger partial charge in [-0.1, -0.05) is 39.7 Å². The number of ketones is 1. The maximum absolute atomic E-state index is 13.9. The summed E-state index contributed by atoms with van der Waals surface area (Å²) in [7, 11) is 0. The zero-order valence-corrected chi connectivity index (χ0v) is 24.4. The topological polar surface area (TPSA) is 180 Å². The Hall–Kier alpha value is -3.44. The predicted molar refractivity (Wildman–Crippen MR) is 150 cm³/mol. The van der Waals surface area contributed by atoms with Crippen LogP contribution < -0.4 is 27.0 Å². The van der Waals surface area contributed by atoms with Gasteiger partial charge in [0.25, 0.3) is 5.91 Å². The van der Waals surface area contributed by atoms with Gasteiger partial charge in [-0.15, -0.1) is 0 Å². The van der Waals surface area contributed by atoms with E-state index in [2.05, 4.69) is 27.8 Å². The van der Waals surface area contributed by atoms with Gasteiger partial charge in [0.05, 0.1) is 6.04 Å². The molecule has 2 fully saturated rings. The van der Waals surface area contributed by atoms with Crippen molar-refractivity contribution in [3.63, 3.8) is 0 Å². The van der Waals surface area contributed by atoms with E-state index in [9.17, 15) is 28.8 Å². The lowest BCUT2D eigenvalue weighted by atomic mass is 9.80. The highest BCUT2D eigenvalue weighted by molar-refractivity contribution is 6.37. The molecule has 0 aromatic heterocycles. The summed E-state index contributed by atoms with van der Waals surface area (Å²) in [5.74, 6) is -3.34. The lowest BCUT2D eigenvalue weighted by molar-refractivity contribution is -0.143. The van der Waals surface area contributed by atoms with E-state index in [1.807, 2.05) is 13.8 Å². The van der Waals surface area contributed by atoms with Gasteiger partial charge in [-0.2, -0.15) is 0 Å². The van der Waals surface area contributed by atoms with E-state index < -0.39 is 59.1 Å². The SMILES string of the molecule is C=CC(=O)NCC[C@H](NC(=O)NC(C)(C)C)C(=O)N1CCC(C(C)C)[C@H]1C(=O)NC(CC1CCC1)C(=O)C(N)=O. The van der Waals surface area contributed by atoms with Crippen LogP contribution in [0.1, 0.15) is 73.1 Å². The number of primary amides is 1. The normalized spacial score (nSPS) is 20.6. The highest BCUT2D eigenvalue weighted by Crippen LogP contribution is 2.33. The fourth-order valence-corrected chi connectivity index (χ4v) is 5.22. The zero-order chi connectivity index (χ0) is 30.2. The molecule has 0 radical (unpaired) electrons. The molecule has 0 aromatic carbocycles. The number of carbonyl (C=O) groups excluding carboxylic acids is 6. The number of likely N-dealkylation sites (tertiary alicyclic amines) is 1. The third-order valence-electron chi connectivity index (χ3n) is 7.53. The third-order valence-corrected chi connectivity index (χ3v) is 7.53. The molecule has 1 aliphatic heterocycles. The largest absolute Gasteiger partial charge is 0.363 e. The Kier molecular flexibility index (Phi) is 11.7. The monoisotopic (exact) mass is 562 g/mol. The number of nitrogens with zero attached hydrogens (tertiary/aromatic N) is 1. The second-order valence-corrected chi connectivity index (χ2v) is 12.2. The molecule has 40 heavy (non-hydrogen) atoms. The number of Topliss-reactive ketones (excluding diaryl/α,β-unsaturated/α-hetero) is 1. The first-order valence-corrected chi connectivity index (χ1v) is 14.1. The minimum absolute atomic E-state index is 0.0351. The molecule has 0 spiro atoms. The van der Waals surface area contributed by atoms with Crippen molar-refractivity contribution in [2.45, 2.75) is 96.8 Å². The van der Waals surface area contributed by atoms with Crippen molar-refractivity contribution in [1.29, 1.82) is 0 Å². The second kappa shape index (κ2) is 14.3. The average molecular weight is 563 g/mol. The van der Waals surface area contributed by atoms with Gasteiger partial charge in [-0.3, -0.25) is 24.0 Å². The lowest BCUT2D eigenvalue weighted by Gasteiger charge is -2.34. The Labute approximate surface area is 236 Å². The van der Waals surface area contributed by atoms with Crippen molar-refractivity contribution in [2.75, 3.05) is 13.1 Å². The summed E-state index contributed by atoms with van der Waals surface area (Å²) in [5.41, 5.74) is 4.71. The van der Waals surface area contributed by atoms with Gasteiger partial charge in [-0.25, -0.2) is 4.79 Å². The number of carbonyl (C=O) groups is 6. The number of hydrogen-bond donors (Lipinski definition) is 5. The van der Waals surface area contributed by atoms with E-state index in [0.717, 1.165) is 25.3 Å². The van der Waals surface area contributed by atoms with E-state index in [1.165, 1.54) is 4.90 Å². The smallest absolute Gasteiger partial charge is 0.315 e. The number of nitrogens with two attached hydrogens (primary N) is 1. The van der Waals surface area contributed by atoms with E-state index in [4.69, 9.17) is 5.73 Å². The molecular formula is C28H46N6O6. The summed E-state index contributed by atoms with van der Waals surface area (Å²) in [6.45, 7) is 13.1. The van der Waals surface area contributed by atoms with Gasteiger partial charge in [0.1, 0.15) is 12.1 Å². The molecule has 1 saturated carbocycles. The van der Waals surface area contributed by atoms with Gasteiger partial charge in [0.15, 0.2) is 0 Å². The van der Waals surface area contributed by atoms with Crippen LogP contribution in [0.3, 0.4) is 0 Å². The average Bonchev–Trinajstić information content (AvgIpc) is 3.28. The minimum atomic E-state index is -1.11. The van der Waals surface area contributed by atoms with Crippen molar-refractivity contribution in [3.05, 3.63) is 12.7 Å². The first-order chi connectivity index (χ1) is 18.6. The Morgan fingerprint density at radius 1 is 1.02 bits per heavy atom. The highest BCUT2D eigenvalue weighted by Gasteiger charge is 2.46. The van der Waals surface area contributed by atoms with Gasteiger partial charge in [-0.05, 0) is 63.9 Å². The van der Waals surface area contributed by atoms with Gasteiger partial charge in [0, 0.05) is 18.6 Å². The van der Waals surface area contributed by atoms with Gasteiger partial charge < -0.3 is 31.9 Å². The first-order valence-electron chi connectivity index (χ1n) is 14.1. The van der Waals surface area contributed by atoms with E-state index >= 15 is 0 Å². The number of amides is 6. The maximum atomic E-state index is 13.9. The molecular weight excluding hydrogens is 516 g/mol. The number of urea groups is 1. The summed E-state index contributed by atoms with van der Waals surface area (Å²) in [6.07, 6.45) is 4.91. The van der Waals surface area contributed by atoms with Crippen molar-refractivity contribution >= 4 is 35.4 Å². The molecule has 1 saturated heterocycles. The standard InChI is InChI=1S/C28H46N6O6/c1-7-21(35)30-13-11-19(32-27(40)33-28(4,5)6)26(39)34-14-12-18(16(2)3)22(34)25(38)31-20(23(36)24(29)37)15-17-9-8-10-17/h7,16-20,22H,1,8-15H2,2-6H3,(H2,29,37)(H,30,35)(H,31,38)(H2,32,33,40)/t18?,19-,20?,22-/m0/s1.